The summed E-state index contributed by atoms with van der Waals surface area (Å²) in [5, 5.41) is 0.976. The van der Waals surface area contributed by atoms with E-state index in [0.717, 1.165) is 23.3 Å². The van der Waals surface area contributed by atoms with Crippen molar-refractivity contribution in [3.05, 3.63) is 54.1 Å². The van der Waals surface area contributed by atoms with Crippen molar-refractivity contribution in [2.45, 2.75) is 31.6 Å². The molecule has 1 saturated heterocycles. The van der Waals surface area contributed by atoms with Crippen LogP contribution in [0.2, 0.25) is 0 Å². The van der Waals surface area contributed by atoms with E-state index in [1.54, 1.807) is 24.1 Å². The van der Waals surface area contributed by atoms with Crippen molar-refractivity contribution < 1.29 is 27.5 Å². The number of fused-ring (bicyclic) bond motifs is 1. The van der Waals surface area contributed by atoms with Crippen LogP contribution in [0.4, 0.5) is 19.0 Å². The molecular weight excluding hydrogens is 477 g/mol. The maximum Gasteiger partial charge on any atom is 0.434 e. The third-order valence-corrected chi connectivity index (χ3v) is 6.42. The maximum atomic E-state index is 12.7. The summed E-state index contributed by atoms with van der Waals surface area (Å²) in [4.78, 5) is 35.0. The average molecular weight is 505 g/mol. The van der Waals surface area contributed by atoms with Crippen molar-refractivity contribution in [2.75, 3.05) is 38.3 Å². The number of piperidine rings is 1. The second-order valence-corrected chi connectivity index (χ2v) is 8.68. The first-order chi connectivity index (χ1) is 17.1. The van der Waals surface area contributed by atoms with Gasteiger partial charge in [0, 0.05) is 50.0 Å². The second-order valence-electron chi connectivity index (χ2n) is 8.68. The molecule has 0 radical (unpaired) electrons. The number of likely N-dealkylation sites (N-methyl/N-ethyl adjacent to an activating group) is 1. The fraction of sp³-hybridized carbons (Fsp3) is 0.417. The van der Waals surface area contributed by atoms with Crippen molar-refractivity contribution in [3.63, 3.8) is 0 Å². The number of amides is 2. The number of rotatable bonds is 8. The SMILES string of the molecule is CN(C(=O)COCCn1ccc2ccc(C(N)=O)cc21)C1CCN(c2cnc(C(F)(F)F)cn2)CC1. The first-order valence-electron chi connectivity index (χ1n) is 11.5. The highest BCUT2D eigenvalue weighted by atomic mass is 19.4. The molecule has 3 aromatic rings. The van der Waals surface area contributed by atoms with Gasteiger partial charge in [0.15, 0.2) is 5.69 Å². The summed E-state index contributed by atoms with van der Waals surface area (Å²) < 4.78 is 45.6. The van der Waals surface area contributed by atoms with Gasteiger partial charge in [-0.1, -0.05) is 6.07 Å². The Hall–Kier alpha value is -3.67. The van der Waals surface area contributed by atoms with Crippen molar-refractivity contribution >= 4 is 28.5 Å². The Morgan fingerprint density at radius 2 is 1.92 bits per heavy atom. The van der Waals surface area contributed by atoms with Gasteiger partial charge in [-0.05, 0) is 36.4 Å². The highest BCUT2D eigenvalue weighted by molar-refractivity contribution is 5.97. The number of hydrogen-bond donors (Lipinski definition) is 1. The molecule has 1 fully saturated rings. The number of ether oxygens (including phenoxy) is 1. The van der Waals surface area contributed by atoms with Gasteiger partial charge in [-0.15, -0.1) is 0 Å². The van der Waals surface area contributed by atoms with Crippen molar-refractivity contribution in [3.8, 4) is 0 Å². The molecule has 2 amide bonds. The topological polar surface area (TPSA) is 107 Å². The standard InChI is InChI=1S/C24H27F3N6O3/c1-31(18-5-8-33(9-6-18)21-14-29-20(13-30-21)24(25,26)27)22(34)15-36-11-10-32-7-4-16-2-3-17(23(28)35)12-19(16)32/h2-4,7,12-14,18H,5-6,8-11,15H2,1H3,(H2,28,35). The normalized spacial score (nSPS) is 14.8. The molecule has 1 aliphatic rings. The van der Waals surface area contributed by atoms with E-state index in [1.165, 1.54) is 0 Å². The Morgan fingerprint density at radius 1 is 1.17 bits per heavy atom. The molecule has 0 bridgehead atoms. The summed E-state index contributed by atoms with van der Waals surface area (Å²) in [5.74, 6) is -0.247. The monoisotopic (exact) mass is 504 g/mol. The van der Waals surface area contributed by atoms with Crippen LogP contribution in [-0.2, 0) is 22.3 Å². The van der Waals surface area contributed by atoms with Crippen LogP contribution in [0.5, 0.6) is 0 Å². The van der Waals surface area contributed by atoms with E-state index >= 15 is 0 Å². The highest BCUT2D eigenvalue weighted by Crippen LogP contribution is 2.28. The fourth-order valence-corrected chi connectivity index (χ4v) is 4.27. The molecule has 192 valence electrons. The average Bonchev–Trinajstić information content (AvgIpc) is 3.28. The summed E-state index contributed by atoms with van der Waals surface area (Å²) in [6.07, 6.45) is 0.552. The third-order valence-electron chi connectivity index (χ3n) is 6.42. The molecule has 0 unspecified atom stereocenters. The van der Waals surface area contributed by atoms with Gasteiger partial charge in [-0.25, -0.2) is 9.97 Å². The van der Waals surface area contributed by atoms with Crippen LogP contribution in [0.3, 0.4) is 0 Å². The van der Waals surface area contributed by atoms with Crippen molar-refractivity contribution in [2.24, 2.45) is 5.73 Å². The van der Waals surface area contributed by atoms with E-state index in [0.29, 0.717) is 50.5 Å². The molecule has 0 atom stereocenters. The number of hydrogen-bond acceptors (Lipinski definition) is 6. The lowest BCUT2D eigenvalue weighted by atomic mass is 10.0. The Bertz CT molecular complexity index is 1220. The number of benzene rings is 1. The van der Waals surface area contributed by atoms with Crippen molar-refractivity contribution in [1.82, 2.24) is 19.4 Å². The number of primary amides is 1. The zero-order chi connectivity index (χ0) is 25.9. The molecular formula is C24H27F3N6O3. The molecule has 1 aromatic carbocycles. The zero-order valence-corrected chi connectivity index (χ0v) is 19.7. The number of carbonyl (C=O) groups excluding carboxylic acids is 2. The lowest BCUT2D eigenvalue weighted by Crippen LogP contribution is -2.47. The molecule has 1 aliphatic heterocycles. The van der Waals surface area contributed by atoms with E-state index in [-0.39, 0.29) is 18.6 Å². The van der Waals surface area contributed by atoms with Crippen LogP contribution in [0.15, 0.2) is 42.9 Å². The molecule has 9 nitrogen and oxygen atoms in total. The lowest BCUT2D eigenvalue weighted by Gasteiger charge is -2.37. The minimum Gasteiger partial charge on any atom is -0.370 e. The number of carbonyl (C=O) groups is 2. The molecule has 2 aromatic heterocycles. The lowest BCUT2D eigenvalue weighted by molar-refractivity contribution is -0.141. The Labute approximate surface area is 205 Å². The summed E-state index contributed by atoms with van der Waals surface area (Å²) in [7, 11) is 1.73. The van der Waals surface area contributed by atoms with Gasteiger partial charge in [-0.2, -0.15) is 13.2 Å². The molecule has 12 heteroatoms. The van der Waals surface area contributed by atoms with Crippen LogP contribution in [0.25, 0.3) is 10.9 Å². The minimum atomic E-state index is -4.52. The first-order valence-corrected chi connectivity index (χ1v) is 11.5. The summed E-state index contributed by atoms with van der Waals surface area (Å²) in [5.41, 5.74) is 5.63. The molecule has 36 heavy (non-hydrogen) atoms. The molecule has 0 spiro atoms. The smallest absolute Gasteiger partial charge is 0.370 e. The Morgan fingerprint density at radius 3 is 2.56 bits per heavy atom. The molecule has 0 aliphatic carbocycles. The number of aromatic nitrogens is 3. The van der Waals surface area contributed by atoms with E-state index in [9.17, 15) is 22.8 Å². The number of halogens is 3. The van der Waals surface area contributed by atoms with Gasteiger partial charge < -0.3 is 24.8 Å². The van der Waals surface area contributed by atoms with Crippen LogP contribution in [0, 0.1) is 0 Å². The summed E-state index contributed by atoms with van der Waals surface area (Å²) >= 11 is 0. The van der Waals surface area contributed by atoms with Gasteiger partial charge in [0.1, 0.15) is 12.4 Å². The van der Waals surface area contributed by atoms with Crippen LogP contribution in [-0.4, -0.2) is 70.6 Å². The van der Waals surface area contributed by atoms with Crippen molar-refractivity contribution in [1.29, 1.82) is 0 Å². The summed E-state index contributed by atoms with van der Waals surface area (Å²) in [6, 6.07) is 7.18. The molecule has 4 rings (SSSR count). The van der Waals surface area contributed by atoms with Gasteiger partial charge in [0.25, 0.3) is 0 Å². The predicted molar refractivity (Wildman–Crippen MR) is 126 cm³/mol. The van der Waals surface area contributed by atoms with Gasteiger partial charge in [0.05, 0.1) is 19.0 Å². The summed E-state index contributed by atoms with van der Waals surface area (Å²) in [6.45, 7) is 1.87. The van der Waals surface area contributed by atoms with Gasteiger partial charge in [0.2, 0.25) is 11.8 Å². The molecule has 2 N–H and O–H groups in total. The predicted octanol–water partition coefficient (Wildman–Crippen LogP) is 2.69. The number of anilines is 1. The largest absolute Gasteiger partial charge is 0.434 e. The van der Waals surface area contributed by atoms with E-state index in [4.69, 9.17) is 10.5 Å². The van der Waals surface area contributed by atoms with Crippen LogP contribution < -0.4 is 10.6 Å². The first kappa shape index (κ1) is 25.4. The number of nitrogens with two attached hydrogens (primary N) is 1. The molecule has 3 heterocycles. The molecule has 0 saturated carbocycles. The van der Waals surface area contributed by atoms with E-state index < -0.39 is 17.8 Å². The van der Waals surface area contributed by atoms with Gasteiger partial charge in [-0.3, -0.25) is 9.59 Å². The number of alkyl halides is 3. The Balaban J connectivity index is 1.22. The maximum absolute atomic E-state index is 12.7. The minimum absolute atomic E-state index is 0.000343. The number of nitrogens with zero attached hydrogens (tertiary/aromatic N) is 5. The van der Waals surface area contributed by atoms with Crippen LogP contribution in [0.1, 0.15) is 28.9 Å². The second kappa shape index (κ2) is 10.5. The van der Waals surface area contributed by atoms with Crippen LogP contribution >= 0.6 is 0 Å². The quantitative estimate of drug-likeness (QED) is 0.473. The highest BCUT2D eigenvalue weighted by Gasteiger charge is 2.33. The fourth-order valence-electron chi connectivity index (χ4n) is 4.27. The van der Waals surface area contributed by atoms with Gasteiger partial charge >= 0.3 is 6.18 Å². The Kier molecular flexibility index (Phi) is 7.43. The van der Waals surface area contributed by atoms with E-state index in [2.05, 4.69) is 9.97 Å². The third kappa shape index (κ3) is 5.76. The zero-order valence-electron chi connectivity index (χ0n) is 19.7. The van der Waals surface area contributed by atoms with E-state index in [1.807, 2.05) is 27.8 Å².